The molecule has 0 unspecified atom stereocenters. The van der Waals surface area contributed by atoms with Crippen molar-refractivity contribution in [1.29, 1.82) is 0 Å². The summed E-state index contributed by atoms with van der Waals surface area (Å²) in [6.45, 7) is 0. The molecule has 11 heteroatoms. The molecule has 2 aromatic carbocycles. The molecule has 3 rings (SSSR count). The summed E-state index contributed by atoms with van der Waals surface area (Å²) in [5.74, 6) is -0.566. The summed E-state index contributed by atoms with van der Waals surface area (Å²) in [6.07, 6.45) is -12.2. The van der Waals surface area contributed by atoms with Crippen LogP contribution >= 0.6 is 0 Å². The van der Waals surface area contributed by atoms with Crippen molar-refractivity contribution < 1.29 is 40.9 Å². The first kappa shape index (κ1) is 24.4. The zero-order chi connectivity index (χ0) is 24.4. The number of hydrogen-bond donors (Lipinski definition) is 2. The molecule has 0 spiro atoms. The van der Waals surface area contributed by atoms with Crippen molar-refractivity contribution in [2.24, 2.45) is 0 Å². The van der Waals surface area contributed by atoms with Crippen LogP contribution in [0.15, 0.2) is 48.5 Å². The Balaban J connectivity index is 2.07. The lowest BCUT2D eigenvalue weighted by Crippen LogP contribution is -2.54. The van der Waals surface area contributed by atoms with Gasteiger partial charge < -0.3 is 19.6 Å². The Kier molecular flexibility index (Phi) is 6.64. The lowest BCUT2D eigenvalue weighted by Gasteiger charge is -2.30. The number of aliphatic hydroxyl groups is 1. The first-order valence-corrected chi connectivity index (χ1v) is 9.59. The van der Waals surface area contributed by atoms with Crippen LogP contribution in [0.1, 0.15) is 28.3 Å². The van der Waals surface area contributed by atoms with E-state index in [1.54, 1.807) is 48.5 Å². The third-order valence-corrected chi connectivity index (χ3v) is 5.10. The van der Waals surface area contributed by atoms with E-state index in [-0.39, 0.29) is 24.2 Å². The minimum Gasteiger partial charge on any atom is -0.497 e. The number of aromatic amines is 1. The molecule has 0 aliphatic rings. The molecule has 0 fully saturated rings. The average Bonchev–Trinajstić information content (AvgIpc) is 3.15. The molecule has 0 bridgehead atoms. The van der Waals surface area contributed by atoms with Crippen LogP contribution in [0, 0.1) is 0 Å². The molecule has 0 atom stereocenters. The summed E-state index contributed by atoms with van der Waals surface area (Å²) in [6, 6.07) is 12.9. The fraction of sp³-hybridized carbons (Fsp3) is 0.318. The lowest BCUT2D eigenvalue weighted by atomic mass is 10.0. The van der Waals surface area contributed by atoms with Crippen LogP contribution in [0.2, 0.25) is 0 Å². The number of nitrogens with one attached hydrogen (secondary N) is 1. The number of nitrogens with zero attached hydrogens (tertiary/aromatic N) is 1. The Bertz CT molecular complexity index is 992. The van der Waals surface area contributed by atoms with Gasteiger partial charge in [-0.25, -0.2) is 4.98 Å². The molecule has 1 heterocycles. The van der Waals surface area contributed by atoms with Crippen LogP contribution in [0.5, 0.6) is 11.5 Å². The standard InChI is InChI=1S/C22H20F6N2O3/c1-32-15-7-3-13(4-8-15)11-17-18(12-14-5-9-16(33-2)10-6-14)30-19(29-17)20(31,21(23,24)25)22(26,27)28/h3-10,31H,11-12H2,1-2H3,(H,29,30). The fourth-order valence-corrected chi connectivity index (χ4v) is 3.22. The second-order valence-electron chi connectivity index (χ2n) is 7.27. The Morgan fingerprint density at radius 1 is 0.758 bits per heavy atom. The van der Waals surface area contributed by atoms with Crippen LogP contribution in [-0.4, -0.2) is 41.6 Å². The van der Waals surface area contributed by atoms with Crippen molar-refractivity contribution in [2.75, 3.05) is 14.2 Å². The quantitative estimate of drug-likeness (QED) is 0.477. The molecule has 33 heavy (non-hydrogen) atoms. The van der Waals surface area contributed by atoms with Gasteiger partial charge in [-0.05, 0) is 35.4 Å². The van der Waals surface area contributed by atoms with Crippen LogP contribution in [0.3, 0.4) is 0 Å². The van der Waals surface area contributed by atoms with Gasteiger partial charge >= 0.3 is 18.0 Å². The topological polar surface area (TPSA) is 67.4 Å². The van der Waals surface area contributed by atoms with Gasteiger partial charge in [0.25, 0.3) is 0 Å². The Morgan fingerprint density at radius 3 is 1.58 bits per heavy atom. The maximum atomic E-state index is 13.4. The van der Waals surface area contributed by atoms with Crippen LogP contribution in [-0.2, 0) is 18.4 Å². The summed E-state index contributed by atoms with van der Waals surface area (Å²) in [4.78, 5) is 5.68. The number of H-pyrrole nitrogens is 1. The van der Waals surface area contributed by atoms with E-state index in [4.69, 9.17) is 9.47 Å². The minimum atomic E-state index is -6.04. The van der Waals surface area contributed by atoms with E-state index in [9.17, 15) is 31.4 Å². The smallest absolute Gasteiger partial charge is 0.433 e. The zero-order valence-electron chi connectivity index (χ0n) is 17.5. The highest BCUT2D eigenvalue weighted by atomic mass is 19.4. The molecule has 2 N–H and O–H groups in total. The Labute approximate surface area is 185 Å². The number of imidazole rings is 1. The van der Waals surface area contributed by atoms with Gasteiger partial charge in [0.2, 0.25) is 0 Å². The molecular formula is C22H20F6N2O3. The normalized spacial score (nSPS) is 12.6. The van der Waals surface area contributed by atoms with Crippen LogP contribution in [0.4, 0.5) is 26.3 Å². The second-order valence-corrected chi connectivity index (χ2v) is 7.27. The molecule has 0 saturated carbocycles. The number of ether oxygens (including phenoxy) is 2. The maximum absolute atomic E-state index is 13.4. The van der Waals surface area contributed by atoms with Gasteiger partial charge in [0.05, 0.1) is 19.9 Å². The largest absolute Gasteiger partial charge is 0.497 e. The highest BCUT2D eigenvalue weighted by molar-refractivity contribution is 5.35. The zero-order valence-corrected chi connectivity index (χ0v) is 17.5. The van der Waals surface area contributed by atoms with Gasteiger partial charge in [0.1, 0.15) is 11.5 Å². The van der Waals surface area contributed by atoms with Gasteiger partial charge in [-0.1, -0.05) is 24.3 Å². The first-order chi connectivity index (χ1) is 15.4. The van der Waals surface area contributed by atoms with Crippen molar-refractivity contribution in [3.8, 4) is 11.5 Å². The van der Waals surface area contributed by atoms with E-state index in [0.717, 1.165) is 0 Å². The van der Waals surface area contributed by atoms with Crippen molar-refractivity contribution in [1.82, 2.24) is 9.97 Å². The van der Waals surface area contributed by atoms with E-state index in [0.29, 0.717) is 22.6 Å². The average molecular weight is 474 g/mol. The number of hydrogen-bond acceptors (Lipinski definition) is 4. The molecule has 0 radical (unpaired) electrons. The van der Waals surface area contributed by atoms with E-state index in [1.807, 2.05) is 0 Å². The van der Waals surface area contributed by atoms with Crippen LogP contribution < -0.4 is 9.47 Å². The number of halogens is 6. The fourth-order valence-electron chi connectivity index (χ4n) is 3.22. The number of aromatic nitrogens is 2. The highest BCUT2D eigenvalue weighted by Crippen LogP contribution is 2.49. The SMILES string of the molecule is COc1ccc(Cc2nc(C(O)(C(F)(F)F)C(F)(F)F)[nH]c2Cc2ccc(OC)cc2)cc1. The number of rotatable bonds is 7. The molecule has 3 aromatic rings. The molecule has 178 valence electrons. The van der Waals surface area contributed by atoms with E-state index in [2.05, 4.69) is 9.97 Å². The Hall–Kier alpha value is -3.21. The van der Waals surface area contributed by atoms with Gasteiger partial charge in [0, 0.05) is 18.5 Å². The summed E-state index contributed by atoms with van der Waals surface area (Å²) in [5.41, 5.74) is -4.03. The van der Waals surface area contributed by atoms with Gasteiger partial charge in [-0.2, -0.15) is 26.3 Å². The second kappa shape index (κ2) is 8.97. The molecule has 1 aromatic heterocycles. The van der Waals surface area contributed by atoms with Gasteiger partial charge in [0.15, 0.2) is 5.82 Å². The van der Waals surface area contributed by atoms with Crippen molar-refractivity contribution in [3.05, 3.63) is 76.9 Å². The number of benzene rings is 2. The van der Waals surface area contributed by atoms with Gasteiger partial charge in [-0.15, -0.1) is 0 Å². The maximum Gasteiger partial charge on any atom is 0.433 e. The summed E-state index contributed by atoms with van der Waals surface area (Å²) >= 11 is 0. The van der Waals surface area contributed by atoms with E-state index >= 15 is 0 Å². The molecule has 0 aliphatic carbocycles. The summed E-state index contributed by atoms with van der Waals surface area (Å²) in [7, 11) is 2.91. The predicted octanol–water partition coefficient (Wildman–Crippen LogP) is 4.92. The highest BCUT2D eigenvalue weighted by Gasteiger charge is 2.73. The third-order valence-electron chi connectivity index (χ3n) is 5.10. The monoisotopic (exact) mass is 474 g/mol. The predicted molar refractivity (Wildman–Crippen MR) is 106 cm³/mol. The molecule has 0 aliphatic heterocycles. The van der Waals surface area contributed by atoms with Crippen molar-refractivity contribution in [2.45, 2.75) is 30.8 Å². The lowest BCUT2D eigenvalue weighted by molar-refractivity contribution is -0.378. The Morgan fingerprint density at radius 2 is 1.18 bits per heavy atom. The van der Waals surface area contributed by atoms with E-state index in [1.165, 1.54) is 14.2 Å². The first-order valence-electron chi connectivity index (χ1n) is 9.59. The molecule has 0 amide bonds. The molecule has 5 nitrogen and oxygen atoms in total. The summed E-state index contributed by atoms with van der Waals surface area (Å²) < 4.78 is 90.4. The number of alkyl halides is 6. The molecular weight excluding hydrogens is 454 g/mol. The summed E-state index contributed by atoms with van der Waals surface area (Å²) in [5, 5.41) is 9.79. The van der Waals surface area contributed by atoms with Gasteiger partial charge in [-0.3, -0.25) is 0 Å². The van der Waals surface area contributed by atoms with Crippen molar-refractivity contribution in [3.63, 3.8) is 0 Å². The third kappa shape index (κ3) is 4.92. The molecule has 0 saturated heterocycles. The number of methoxy groups -OCH3 is 2. The minimum absolute atomic E-state index is 0.0120. The van der Waals surface area contributed by atoms with Crippen LogP contribution in [0.25, 0.3) is 0 Å². The van der Waals surface area contributed by atoms with Crippen molar-refractivity contribution >= 4 is 0 Å². The van der Waals surface area contributed by atoms with E-state index < -0.39 is 23.8 Å².